The first-order valence-corrected chi connectivity index (χ1v) is 11.6. The number of carbonyl (C=O) groups is 2. The molecule has 2 unspecified atom stereocenters. The Morgan fingerprint density at radius 1 is 0.946 bits per heavy atom. The number of pyridine rings is 1. The van der Waals surface area contributed by atoms with Crippen LogP contribution in [0.1, 0.15) is 23.0 Å². The number of aliphatic carboxylic acids is 2. The molecule has 5 N–H and O–H groups in total. The summed E-state index contributed by atoms with van der Waals surface area (Å²) >= 11 is 1.41. The van der Waals surface area contributed by atoms with Crippen molar-refractivity contribution in [3.63, 3.8) is 0 Å². The monoisotopic (exact) mass is 531 g/mol. The van der Waals surface area contributed by atoms with Crippen molar-refractivity contribution in [2.75, 3.05) is 0 Å². The van der Waals surface area contributed by atoms with Crippen molar-refractivity contribution in [1.29, 1.82) is 0 Å². The summed E-state index contributed by atoms with van der Waals surface area (Å²) in [5.41, 5.74) is 1.00. The molecule has 0 amide bonds. The number of carboxylic acid groups (broad SMARTS) is 2. The van der Waals surface area contributed by atoms with Crippen LogP contribution in [0.15, 0.2) is 74.1 Å². The Balaban J connectivity index is 0.000000325. The SMILES string of the molecule is Cc1ccc(CN(Cc2ccccn2)Cc2ccc(Sc3ncn[nH]3)o2)o1.O=C(O)C(O)C(O)C(=O)O. The van der Waals surface area contributed by atoms with Crippen LogP contribution in [0.3, 0.4) is 0 Å². The predicted octanol–water partition coefficient (Wildman–Crippen LogP) is 1.93. The van der Waals surface area contributed by atoms with Gasteiger partial charge in [0, 0.05) is 12.7 Å². The van der Waals surface area contributed by atoms with Gasteiger partial charge in [0.2, 0.25) is 0 Å². The number of aliphatic hydroxyl groups excluding tert-OH is 2. The molecule has 0 saturated carbocycles. The van der Waals surface area contributed by atoms with E-state index in [0.717, 1.165) is 28.1 Å². The molecule has 0 aliphatic heterocycles. The molecule has 0 aliphatic carbocycles. The van der Waals surface area contributed by atoms with E-state index in [-0.39, 0.29) is 0 Å². The van der Waals surface area contributed by atoms with E-state index in [4.69, 9.17) is 29.3 Å². The summed E-state index contributed by atoms with van der Waals surface area (Å²) in [5.74, 6) is -0.834. The normalized spacial score (nSPS) is 12.5. The van der Waals surface area contributed by atoms with E-state index in [1.165, 1.54) is 18.1 Å². The molecule has 0 aromatic carbocycles. The van der Waals surface area contributed by atoms with Crippen molar-refractivity contribution < 1.29 is 38.8 Å². The van der Waals surface area contributed by atoms with Crippen molar-refractivity contribution in [1.82, 2.24) is 25.1 Å². The Morgan fingerprint density at radius 2 is 1.62 bits per heavy atom. The van der Waals surface area contributed by atoms with Crippen LogP contribution in [0.25, 0.3) is 0 Å². The number of hydrogen-bond acceptors (Lipinski definition) is 11. The van der Waals surface area contributed by atoms with Crippen LogP contribution >= 0.6 is 11.8 Å². The molecule has 196 valence electrons. The van der Waals surface area contributed by atoms with Gasteiger partial charge in [-0.2, -0.15) is 5.10 Å². The molecule has 14 heteroatoms. The third-order valence-electron chi connectivity index (χ3n) is 4.70. The van der Waals surface area contributed by atoms with E-state index in [1.54, 1.807) is 0 Å². The fourth-order valence-electron chi connectivity index (χ4n) is 3.01. The molecule has 13 nitrogen and oxygen atoms in total. The van der Waals surface area contributed by atoms with Gasteiger partial charge in [0.15, 0.2) is 22.5 Å². The molecule has 4 aromatic heterocycles. The average Bonchev–Trinajstić information content (AvgIpc) is 3.63. The molecular formula is C23H25N5O8S. The van der Waals surface area contributed by atoms with Gasteiger partial charge in [-0.05, 0) is 55.1 Å². The number of hydrogen-bond donors (Lipinski definition) is 5. The van der Waals surface area contributed by atoms with Crippen molar-refractivity contribution in [3.05, 3.63) is 78.0 Å². The lowest BCUT2D eigenvalue weighted by molar-refractivity contribution is -0.165. The second kappa shape index (κ2) is 13.4. The number of rotatable bonds is 11. The number of nitrogens with one attached hydrogen (secondary N) is 1. The van der Waals surface area contributed by atoms with Crippen molar-refractivity contribution in [3.8, 4) is 0 Å². The first-order valence-electron chi connectivity index (χ1n) is 10.8. The van der Waals surface area contributed by atoms with Crippen molar-refractivity contribution >= 4 is 23.7 Å². The van der Waals surface area contributed by atoms with Crippen LogP contribution in [0, 0.1) is 6.92 Å². The summed E-state index contributed by atoms with van der Waals surface area (Å²) in [6, 6.07) is 13.9. The van der Waals surface area contributed by atoms with E-state index in [2.05, 4.69) is 25.1 Å². The summed E-state index contributed by atoms with van der Waals surface area (Å²) in [4.78, 5) is 30.3. The average molecular weight is 532 g/mol. The summed E-state index contributed by atoms with van der Waals surface area (Å²) in [6.45, 7) is 3.97. The largest absolute Gasteiger partial charge is 0.479 e. The van der Waals surface area contributed by atoms with E-state index < -0.39 is 24.1 Å². The highest BCUT2D eigenvalue weighted by atomic mass is 32.2. The van der Waals surface area contributed by atoms with Gasteiger partial charge in [0.25, 0.3) is 0 Å². The van der Waals surface area contributed by atoms with E-state index in [9.17, 15) is 9.59 Å². The summed E-state index contributed by atoms with van der Waals surface area (Å²) < 4.78 is 11.7. The molecule has 37 heavy (non-hydrogen) atoms. The lowest BCUT2D eigenvalue weighted by atomic mass is 10.2. The van der Waals surface area contributed by atoms with Crippen LogP contribution in [0.2, 0.25) is 0 Å². The molecule has 0 aliphatic rings. The summed E-state index contributed by atoms with van der Waals surface area (Å²) in [6.07, 6.45) is -1.24. The third kappa shape index (κ3) is 8.88. The maximum atomic E-state index is 9.77. The number of aromatic nitrogens is 4. The van der Waals surface area contributed by atoms with Gasteiger partial charge in [0.1, 0.15) is 23.6 Å². The molecule has 0 bridgehead atoms. The molecule has 4 aromatic rings. The van der Waals surface area contributed by atoms with Gasteiger partial charge in [-0.15, -0.1) is 0 Å². The van der Waals surface area contributed by atoms with Gasteiger partial charge in [-0.25, -0.2) is 14.6 Å². The zero-order valence-corrected chi connectivity index (χ0v) is 20.4. The highest BCUT2D eigenvalue weighted by Crippen LogP contribution is 2.27. The number of carboxylic acids is 2. The maximum absolute atomic E-state index is 9.77. The lowest BCUT2D eigenvalue weighted by Crippen LogP contribution is -2.39. The van der Waals surface area contributed by atoms with Crippen LogP contribution in [-0.2, 0) is 29.2 Å². The van der Waals surface area contributed by atoms with Crippen LogP contribution in [0.5, 0.6) is 0 Å². The first kappa shape index (κ1) is 27.6. The van der Waals surface area contributed by atoms with Crippen molar-refractivity contribution in [2.24, 2.45) is 0 Å². The lowest BCUT2D eigenvalue weighted by Gasteiger charge is -2.19. The minimum absolute atomic E-state index is 0.646. The number of nitrogens with zero attached hydrogens (tertiary/aromatic N) is 4. The van der Waals surface area contributed by atoms with Gasteiger partial charge in [-0.3, -0.25) is 15.0 Å². The molecule has 0 radical (unpaired) electrons. The fraction of sp³-hybridized carbons (Fsp3) is 0.261. The molecule has 0 saturated heterocycles. The smallest absolute Gasteiger partial charge is 0.335 e. The quantitative estimate of drug-likeness (QED) is 0.188. The minimum atomic E-state index is -2.27. The van der Waals surface area contributed by atoms with Gasteiger partial charge >= 0.3 is 11.9 Å². The predicted molar refractivity (Wildman–Crippen MR) is 127 cm³/mol. The standard InChI is InChI=1S/C19H19N5O2S.C4H6O6/c1-14-5-6-16(25-14)11-24(10-15-4-2-3-9-20-15)12-17-7-8-18(26-17)27-19-21-13-22-23-19;5-1(3(7)8)2(6)4(9)10/h2-9,13H,10-12H2,1H3,(H,21,22,23);1-2,5-6H,(H,7,8)(H,9,10). The Labute approximate surface area is 214 Å². The number of aromatic amines is 1. The highest BCUT2D eigenvalue weighted by molar-refractivity contribution is 7.99. The van der Waals surface area contributed by atoms with Gasteiger partial charge < -0.3 is 29.3 Å². The van der Waals surface area contributed by atoms with E-state index in [0.29, 0.717) is 24.8 Å². The van der Waals surface area contributed by atoms with Crippen LogP contribution in [-0.4, -0.2) is 69.6 Å². The second-order valence-electron chi connectivity index (χ2n) is 7.66. The highest BCUT2D eigenvalue weighted by Gasteiger charge is 2.29. The second-order valence-corrected chi connectivity index (χ2v) is 8.65. The summed E-state index contributed by atoms with van der Waals surface area (Å²) in [7, 11) is 0. The number of H-pyrrole nitrogens is 1. The van der Waals surface area contributed by atoms with E-state index >= 15 is 0 Å². The van der Waals surface area contributed by atoms with Gasteiger partial charge in [-0.1, -0.05) is 6.07 Å². The molecule has 4 heterocycles. The van der Waals surface area contributed by atoms with Crippen LogP contribution < -0.4 is 0 Å². The molecule has 2 atom stereocenters. The molecular weight excluding hydrogens is 506 g/mol. The summed E-state index contributed by atoms with van der Waals surface area (Å²) in [5, 5.41) is 40.7. The zero-order valence-electron chi connectivity index (χ0n) is 19.6. The molecule has 0 fully saturated rings. The van der Waals surface area contributed by atoms with Gasteiger partial charge in [0.05, 0.1) is 18.8 Å². The number of aliphatic hydroxyl groups is 2. The van der Waals surface area contributed by atoms with Crippen LogP contribution in [0.4, 0.5) is 0 Å². The van der Waals surface area contributed by atoms with Crippen molar-refractivity contribution in [2.45, 2.75) is 49.0 Å². The van der Waals surface area contributed by atoms with E-state index in [1.807, 2.05) is 55.6 Å². The third-order valence-corrected chi connectivity index (χ3v) is 5.51. The molecule has 4 rings (SSSR count). The Morgan fingerprint density at radius 3 is 2.16 bits per heavy atom. The maximum Gasteiger partial charge on any atom is 0.335 e. The Kier molecular flexibility index (Phi) is 9.97. The first-order chi connectivity index (χ1) is 17.7. The zero-order chi connectivity index (χ0) is 26.8. The fourth-order valence-corrected chi connectivity index (χ4v) is 3.68. The number of furan rings is 2. The number of aryl methyl sites for hydroxylation is 1. The molecule has 0 spiro atoms. The minimum Gasteiger partial charge on any atom is -0.479 e. The Hall–Kier alpha value is -3.98. The Bertz CT molecular complexity index is 1240. The topological polar surface area (TPSA) is 199 Å².